The molecule has 0 saturated heterocycles. The highest BCUT2D eigenvalue weighted by Gasteiger charge is 2.12. The number of fused-ring (bicyclic) bond motifs is 1. The van der Waals surface area contributed by atoms with Crippen LogP contribution >= 0.6 is 0 Å². The second-order valence-electron chi connectivity index (χ2n) is 3.72. The first-order chi connectivity index (χ1) is 8.28. The van der Waals surface area contributed by atoms with Crippen molar-refractivity contribution in [3.8, 4) is 11.5 Å². The number of aliphatic imine (C=N–C) groups is 1. The zero-order valence-corrected chi connectivity index (χ0v) is 10.3. The fraction of sp³-hybridized carbons (Fsp3) is 0.308. The van der Waals surface area contributed by atoms with E-state index in [2.05, 4.69) is 10.3 Å². The summed E-state index contributed by atoms with van der Waals surface area (Å²) in [5.41, 5.74) is 2.28. The molecule has 1 heterocycles. The molecule has 0 saturated carbocycles. The molecule has 0 atom stereocenters. The van der Waals surface area contributed by atoms with Crippen LogP contribution < -0.4 is 14.8 Å². The predicted octanol–water partition coefficient (Wildman–Crippen LogP) is 1.85. The first-order valence-electron chi connectivity index (χ1n) is 5.44. The van der Waals surface area contributed by atoms with Crippen LogP contribution in [-0.4, -0.2) is 27.1 Å². The Morgan fingerprint density at radius 3 is 2.53 bits per heavy atom. The van der Waals surface area contributed by atoms with E-state index < -0.39 is 0 Å². The minimum Gasteiger partial charge on any atom is -0.493 e. The number of ether oxygens (including phenoxy) is 2. The van der Waals surface area contributed by atoms with Crippen molar-refractivity contribution in [2.75, 3.05) is 21.3 Å². The minimum absolute atomic E-state index is 0.740. The van der Waals surface area contributed by atoms with Gasteiger partial charge < -0.3 is 14.8 Å². The van der Waals surface area contributed by atoms with Crippen LogP contribution in [0, 0.1) is 0 Å². The van der Waals surface area contributed by atoms with Gasteiger partial charge in [0.15, 0.2) is 11.5 Å². The van der Waals surface area contributed by atoms with Crippen LogP contribution in [0.4, 0.5) is 0 Å². The molecule has 0 fully saturated rings. The summed E-state index contributed by atoms with van der Waals surface area (Å²) >= 11 is 0. The standard InChI is InChI=1S/C13H16N2O2/c1-14-13-8-10-7-12(17-3)11(16-2)6-9(10)4-5-15-13/h4-7H,8H2,1-3H3,(H,14,15). The summed E-state index contributed by atoms with van der Waals surface area (Å²) in [5, 5.41) is 3.08. The molecule has 2 rings (SSSR count). The normalized spacial score (nSPS) is 13.5. The average molecular weight is 232 g/mol. The van der Waals surface area contributed by atoms with Gasteiger partial charge in [-0.3, -0.25) is 0 Å². The summed E-state index contributed by atoms with van der Waals surface area (Å²) in [6.45, 7) is 0. The molecular formula is C13H16N2O2. The number of amidine groups is 1. The summed E-state index contributed by atoms with van der Waals surface area (Å²) < 4.78 is 10.6. The van der Waals surface area contributed by atoms with E-state index in [9.17, 15) is 0 Å². The van der Waals surface area contributed by atoms with Crippen molar-refractivity contribution in [1.82, 2.24) is 5.32 Å². The Bertz CT molecular complexity index is 479. The van der Waals surface area contributed by atoms with E-state index in [0.29, 0.717) is 0 Å². The Morgan fingerprint density at radius 2 is 1.88 bits per heavy atom. The molecule has 1 aliphatic heterocycles. The Balaban J connectivity index is 2.46. The van der Waals surface area contributed by atoms with E-state index in [4.69, 9.17) is 9.47 Å². The Labute approximate surface area is 101 Å². The molecule has 17 heavy (non-hydrogen) atoms. The SMILES string of the molecule is CNC1=NC=Cc2cc(OC)c(OC)cc2C1. The second-order valence-corrected chi connectivity index (χ2v) is 3.72. The van der Waals surface area contributed by atoms with Gasteiger partial charge in [-0.2, -0.15) is 0 Å². The monoisotopic (exact) mass is 232 g/mol. The Kier molecular flexibility index (Phi) is 3.32. The summed E-state index contributed by atoms with van der Waals surface area (Å²) in [6.07, 6.45) is 4.53. The quantitative estimate of drug-likeness (QED) is 0.846. The van der Waals surface area contributed by atoms with Crippen molar-refractivity contribution >= 4 is 11.9 Å². The van der Waals surface area contributed by atoms with Gasteiger partial charge >= 0.3 is 0 Å². The first kappa shape index (κ1) is 11.5. The number of nitrogens with one attached hydrogen (secondary N) is 1. The van der Waals surface area contributed by atoms with Crippen LogP contribution in [0.3, 0.4) is 0 Å². The highest BCUT2D eigenvalue weighted by Crippen LogP contribution is 2.32. The number of likely N-dealkylation sites (N-methyl/N-ethyl adjacent to an activating group) is 1. The lowest BCUT2D eigenvalue weighted by Crippen LogP contribution is -2.20. The van der Waals surface area contributed by atoms with Crippen LogP contribution in [0.25, 0.3) is 6.08 Å². The largest absolute Gasteiger partial charge is 0.493 e. The molecule has 1 N–H and O–H groups in total. The zero-order valence-electron chi connectivity index (χ0n) is 10.3. The molecule has 0 spiro atoms. The first-order valence-corrected chi connectivity index (χ1v) is 5.44. The molecule has 1 aromatic carbocycles. The van der Waals surface area contributed by atoms with Crippen LogP contribution in [0.2, 0.25) is 0 Å². The van der Waals surface area contributed by atoms with Gasteiger partial charge in [0.2, 0.25) is 0 Å². The van der Waals surface area contributed by atoms with Crippen LogP contribution in [0.5, 0.6) is 11.5 Å². The summed E-state index contributed by atoms with van der Waals surface area (Å²) in [7, 11) is 5.16. The van der Waals surface area contributed by atoms with Crippen LogP contribution in [0.15, 0.2) is 23.3 Å². The third-order valence-corrected chi connectivity index (χ3v) is 2.78. The number of nitrogens with zero attached hydrogens (tertiary/aromatic N) is 1. The van der Waals surface area contributed by atoms with E-state index in [1.165, 1.54) is 5.56 Å². The van der Waals surface area contributed by atoms with Gasteiger partial charge in [0.25, 0.3) is 0 Å². The fourth-order valence-corrected chi connectivity index (χ4v) is 1.83. The van der Waals surface area contributed by atoms with Crippen molar-refractivity contribution in [1.29, 1.82) is 0 Å². The smallest absolute Gasteiger partial charge is 0.161 e. The maximum atomic E-state index is 5.30. The average Bonchev–Trinajstić information content (AvgIpc) is 2.57. The van der Waals surface area contributed by atoms with Gasteiger partial charge in [-0.05, 0) is 29.3 Å². The lowest BCUT2D eigenvalue weighted by atomic mass is 10.0. The number of hydrogen-bond acceptors (Lipinski definition) is 4. The summed E-state index contributed by atoms with van der Waals surface area (Å²) in [6, 6.07) is 3.97. The van der Waals surface area contributed by atoms with Gasteiger partial charge in [0, 0.05) is 19.7 Å². The number of rotatable bonds is 2. The third-order valence-electron chi connectivity index (χ3n) is 2.78. The molecule has 0 aromatic heterocycles. The molecule has 0 unspecified atom stereocenters. The molecule has 1 aromatic rings. The van der Waals surface area contributed by atoms with E-state index >= 15 is 0 Å². The van der Waals surface area contributed by atoms with Crippen LogP contribution in [0.1, 0.15) is 11.1 Å². The zero-order chi connectivity index (χ0) is 12.3. The minimum atomic E-state index is 0.740. The topological polar surface area (TPSA) is 42.9 Å². The van der Waals surface area contributed by atoms with E-state index in [0.717, 1.165) is 29.3 Å². The number of benzene rings is 1. The molecule has 1 aliphatic rings. The maximum absolute atomic E-state index is 5.30. The van der Waals surface area contributed by atoms with Crippen molar-refractivity contribution < 1.29 is 9.47 Å². The Morgan fingerprint density at radius 1 is 1.18 bits per heavy atom. The Hall–Kier alpha value is -1.97. The van der Waals surface area contributed by atoms with Crippen molar-refractivity contribution in [3.63, 3.8) is 0 Å². The second kappa shape index (κ2) is 4.91. The summed E-state index contributed by atoms with van der Waals surface area (Å²) in [4.78, 5) is 4.31. The van der Waals surface area contributed by atoms with Crippen molar-refractivity contribution in [3.05, 3.63) is 29.5 Å². The van der Waals surface area contributed by atoms with Gasteiger partial charge in [-0.25, -0.2) is 4.99 Å². The third kappa shape index (κ3) is 2.25. The van der Waals surface area contributed by atoms with Gasteiger partial charge in [0.05, 0.1) is 14.2 Å². The van der Waals surface area contributed by atoms with E-state index in [-0.39, 0.29) is 0 Å². The molecule has 4 nitrogen and oxygen atoms in total. The van der Waals surface area contributed by atoms with Gasteiger partial charge in [0.1, 0.15) is 5.84 Å². The van der Waals surface area contributed by atoms with Crippen molar-refractivity contribution in [2.45, 2.75) is 6.42 Å². The maximum Gasteiger partial charge on any atom is 0.161 e. The predicted molar refractivity (Wildman–Crippen MR) is 68.8 cm³/mol. The molecule has 0 amide bonds. The number of hydrogen-bond donors (Lipinski definition) is 1. The lowest BCUT2D eigenvalue weighted by molar-refractivity contribution is 0.354. The van der Waals surface area contributed by atoms with E-state index in [1.807, 2.05) is 25.3 Å². The molecule has 0 aliphatic carbocycles. The highest BCUT2D eigenvalue weighted by atomic mass is 16.5. The molecule has 90 valence electrons. The van der Waals surface area contributed by atoms with Crippen LogP contribution in [-0.2, 0) is 6.42 Å². The molecule has 4 heteroatoms. The highest BCUT2D eigenvalue weighted by molar-refractivity contribution is 5.87. The molecule has 0 bridgehead atoms. The van der Waals surface area contributed by atoms with Crippen molar-refractivity contribution in [2.24, 2.45) is 4.99 Å². The lowest BCUT2D eigenvalue weighted by Gasteiger charge is -2.12. The van der Waals surface area contributed by atoms with E-state index in [1.54, 1.807) is 20.4 Å². The van der Waals surface area contributed by atoms with Gasteiger partial charge in [-0.15, -0.1) is 0 Å². The summed E-state index contributed by atoms with van der Waals surface area (Å²) in [5.74, 6) is 2.42. The van der Waals surface area contributed by atoms with Gasteiger partial charge in [-0.1, -0.05) is 0 Å². The molecular weight excluding hydrogens is 216 g/mol. The fourth-order valence-electron chi connectivity index (χ4n) is 1.83. The number of methoxy groups -OCH3 is 2. The molecule has 0 radical (unpaired) electrons.